The van der Waals surface area contributed by atoms with Crippen LogP contribution in [0.3, 0.4) is 0 Å². The molecule has 1 saturated heterocycles. The maximum absolute atomic E-state index is 14.1. The fourth-order valence-corrected chi connectivity index (χ4v) is 4.58. The number of aromatic nitrogens is 3. The van der Waals surface area contributed by atoms with Crippen LogP contribution in [0.15, 0.2) is 60.8 Å². The normalized spacial score (nSPS) is 15.1. The zero-order valence-corrected chi connectivity index (χ0v) is 20.8. The van der Waals surface area contributed by atoms with Crippen molar-refractivity contribution in [3.05, 3.63) is 77.9 Å². The quantitative estimate of drug-likeness (QED) is 0.401. The molecule has 0 bridgehead atoms. The van der Waals surface area contributed by atoms with E-state index >= 15 is 0 Å². The van der Waals surface area contributed by atoms with Crippen molar-refractivity contribution in [3.8, 4) is 16.9 Å². The van der Waals surface area contributed by atoms with Gasteiger partial charge < -0.3 is 9.64 Å². The Morgan fingerprint density at radius 1 is 0.971 bits per heavy atom. The Labute approximate surface area is 206 Å². The Hall–Kier alpha value is -3.45. The minimum Gasteiger partial charge on any atom is -0.494 e. The van der Waals surface area contributed by atoms with E-state index in [1.165, 1.54) is 7.11 Å². The van der Waals surface area contributed by atoms with Gasteiger partial charge in [-0.15, -0.1) is 0 Å². The van der Waals surface area contributed by atoms with E-state index in [4.69, 9.17) is 14.8 Å². The van der Waals surface area contributed by atoms with Gasteiger partial charge in [0.25, 0.3) is 0 Å². The first-order valence-electron chi connectivity index (χ1n) is 12.1. The highest BCUT2D eigenvalue weighted by Crippen LogP contribution is 2.31. The highest BCUT2D eigenvalue weighted by atomic mass is 19.1. The first kappa shape index (κ1) is 23.3. The summed E-state index contributed by atoms with van der Waals surface area (Å²) >= 11 is 0. The molecule has 0 spiro atoms. The summed E-state index contributed by atoms with van der Waals surface area (Å²) in [5, 5.41) is 4.75. The molecule has 2 aromatic heterocycles. The van der Waals surface area contributed by atoms with Gasteiger partial charge >= 0.3 is 0 Å². The van der Waals surface area contributed by atoms with E-state index < -0.39 is 0 Å². The lowest BCUT2D eigenvalue weighted by Crippen LogP contribution is -2.46. The lowest BCUT2D eigenvalue weighted by molar-refractivity contribution is 0.248. The molecule has 2 aromatic carbocycles. The van der Waals surface area contributed by atoms with Gasteiger partial charge in [0.1, 0.15) is 5.82 Å². The van der Waals surface area contributed by atoms with Crippen LogP contribution in [0.1, 0.15) is 32.0 Å². The van der Waals surface area contributed by atoms with Crippen LogP contribution < -0.4 is 9.64 Å². The van der Waals surface area contributed by atoms with Crippen molar-refractivity contribution in [3.63, 3.8) is 0 Å². The van der Waals surface area contributed by atoms with Crippen LogP contribution in [-0.4, -0.2) is 52.8 Å². The number of fused-ring (bicyclic) bond motifs is 1. The fraction of sp³-hybridized carbons (Fsp3) is 0.357. The fourth-order valence-electron chi connectivity index (χ4n) is 4.58. The maximum atomic E-state index is 14.1. The number of hydrogen-bond acceptors (Lipinski definition) is 5. The monoisotopic (exact) mass is 473 g/mol. The summed E-state index contributed by atoms with van der Waals surface area (Å²) in [6.07, 6.45) is 1.92. The average molecular weight is 474 g/mol. The molecule has 0 atom stereocenters. The summed E-state index contributed by atoms with van der Waals surface area (Å²) in [6, 6.07) is 17.7. The van der Waals surface area contributed by atoms with Crippen LogP contribution in [-0.2, 0) is 12.0 Å². The van der Waals surface area contributed by atoms with Gasteiger partial charge in [-0.25, -0.2) is 9.37 Å². The van der Waals surface area contributed by atoms with Crippen LogP contribution in [0.25, 0.3) is 16.8 Å². The third-order valence-corrected chi connectivity index (χ3v) is 6.62. The van der Waals surface area contributed by atoms with Crippen molar-refractivity contribution in [2.75, 3.05) is 38.2 Å². The molecular formula is C28H32FN5O. The first-order chi connectivity index (χ1) is 16.8. The topological polar surface area (TPSA) is 45.9 Å². The maximum Gasteiger partial charge on any atom is 0.165 e. The Morgan fingerprint density at radius 3 is 2.37 bits per heavy atom. The van der Waals surface area contributed by atoms with Crippen LogP contribution in [0.4, 0.5) is 10.2 Å². The lowest BCUT2D eigenvalue weighted by Gasteiger charge is -2.36. The number of nitrogens with zero attached hydrogens (tertiary/aromatic N) is 5. The van der Waals surface area contributed by atoms with Gasteiger partial charge in [-0.3, -0.25) is 4.90 Å². The van der Waals surface area contributed by atoms with Crippen molar-refractivity contribution < 1.29 is 9.13 Å². The second-order valence-electron chi connectivity index (χ2n) is 10.1. The van der Waals surface area contributed by atoms with E-state index in [2.05, 4.69) is 48.8 Å². The predicted octanol–water partition coefficient (Wildman–Crippen LogP) is 5.16. The SMILES string of the molecule is COc1ccc(CN2CCN(c3cc(C(C)(C)C)nc4c(-c5ccccc5)cnn34)CC2)cc1F. The van der Waals surface area contributed by atoms with Crippen LogP contribution in [0, 0.1) is 5.82 Å². The Bertz CT molecular complexity index is 1320. The van der Waals surface area contributed by atoms with E-state index in [1.54, 1.807) is 12.1 Å². The minimum atomic E-state index is -0.314. The molecule has 3 heterocycles. The van der Waals surface area contributed by atoms with E-state index in [1.807, 2.05) is 35.0 Å². The molecule has 0 saturated carbocycles. The molecule has 182 valence electrons. The smallest absolute Gasteiger partial charge is 0.165 e. The van der Waals surface area contributed by atoms with Gasteiger partial charge in [0, 0.05) is 49.8 Å². The number of ether oxygens (including phenoxy) is 1. The van der Waals surface area contributed by atoms with Crippen LogP contribution >= 0.6 is 0 Å². The number of methoxy groups -OCH3 is 1. The zero-order valence-electron chi connectivity index (χ0n) is 20.8. The standard InChI is InChI=1S/C28H32FN5O/c1-28(2,3)25-17-26(34-27(31-25)22(18-30-34)21-8-6-5-7-9-21)33-14-12-32(13-15-33)19-20-10-11-24(35-4)23(29)16-20/h5-11,16-18H,12-15,19H2,1-4H3. The molecule has 1 fully saturated rings. The number of rotatable bonds is 5. The number of halogens is 1. The summed E-state index contributed by atoms with van der Waals surface area (Å²) in [4.78, 5) is 9.80. The summed E-state index contributed by atoms with van der Waals surface area (Å²) in [5.41, 5.74) is 4.96. The number of benzene rings is 2. The average Bonchev–Trinajstić information content (AvgIpc) is 3.28. The second-order valence-corrected chi connectivity index (χ2v) is 10.1. The minimum absolute atomic E-state index is 0.0883. The van der Waals surface area contributed by atoms with E-state index in [9.17, 15) is 4.39 Å². The van der Waals surface area contributed by atoms with Crippen molar-refractivity contribution in [2.24, 2.45) is 0 Å². The van der Waals surface area contributed by atoms with E-state index in [-0.39, 0.29) is 17.0 Å². The molecule has 0 radical (unpaired) electrons. The number of anilines is 1. The van der Waals surface area contributed by atoms with E-state index in [0.717, 1.165) is 60.0 Å². The van der Waals surface area contributed by atoms with Gasteiger partial charge in [-0.1, -0.05) is 57.2 Å². The van der Waals surface area contributed by atoms with Crippen molar-refractivity contribution >= 4 is 11.5 Å². The van der Waals surface area contributed by atoms with Gasteiger partial charge in [0.05, 0.1) is 19.0 Å². The highest BCUT2D eigenvalue weighted by Gasteiger charge is 2.25. The molecular weight excluding hydrogens is 441 g/mol. The molecule has 0 N–H and O–H groups in total. The van der Waals surface area contributed by atoms with Gasteiger partial charge in [0.2, 0.25) is 0 Å². The van der Waals surface area contributed by atoms with Crippen molar-refractivity contribution in [1.29, 1.82) is 0 Å². The predicted molar refractivity (Wildman–Crippen MR) is 138 cm³/mol. The van der Waals surface area contributed by atoms with Crippen LogP contribution in [0.5, 0.6) is 5.75 Å². The highest BCUT2D eigenvalue weighted by molar-refractivity contribution is 5.78. The third-order valence-electron chi connectivity index (χ3n) is 6.62. The molecule has 5 rings (SSSR count). The molecule has 0 unspecified atom stereocenters. The Kier molecular flexibility index (Phi) is 6.19. The second kappa shape index (κ2) is 9.30. The molecule has 1 aliphatic heterocycles. The summed E-state index contributed by atoms with van der Waals surface area (Å²) in [7, 11) is 1.49. The van der Waals surface area contributed by atoms with Crippen molar-refractivity contribution in [1.82, 2.24) is 19.5 Å². The van der Waals surface area contributed by atoms with Crippen molar-refractivity contribution in [2.45, 2.75) is 32.7 Å². The van der Waals surface area contributed by atoms with Crippen LogP contribution in [0.2, 0.25) is 0 Å². The molecule has 1 aliphatic rings. The van der Waals surface area contributed by atoms with E-state index in [0.29, 0.717) is 6.54 Å². The molecule has 4 aromatic rings. The number of hydrogen-bond donors (Lipinski definition) is 0. The first-order valence-corrected chi connectivity index (χ1v) is 12.1. The third kappa shape index (κ3) is 4.73. The molecule has 0 aliphatic carbocycles. The largest absolute Gasteiger partial charge is 0.494 e. The summed E-state index contributed by atoms with van der Waals surface area (Å²) in [5.74, 6) is 1.03. The number of piperazine rings is 1. The van der Waals surface area contributed by atoms with Gasteiger partial charge in [-0.2, -0.15) is 9.61 Å². The Morgan fingerprint density at radius 2 is 1.71 bits per heavy atom. The molecule has 0 amide bonds. The lowest BCUT2D eigenvalue weighted by atomic mass is 9.91. The summed E-state index contributed by atoms with van der Waals surface area (Å²) in [6.45, 7) is 10.8. The Balaban J connectivity index is 1.41. The van der Waals surface area contributed by atoms with Gasteiger partial charge in [-0.05, 0) is 23.3 Å². The summed E-state index contributed by atoms with van der Waals surface area (Å²) < 4.78 is 21.1. The molecule has 35 heavy (non-hydrogen) atoms. The molecule has 7 heteroatoms. The van der Waals surface area contributed by atoms with Gasteiger partial charge in [0.15, 0.2) is 17.2 Å². The zero-order chi connectivity index (χ0) is 24.6. The molecule has 6 nitrogen and oxygen atoms in total.